The van der Waals surface area contributed by atoms with Crippen molar-refractivity contribution >= 4 is 29.6 Å². The molecular weight excluding hydrogens is 330 g/mol. The Balaban J connectivity index is 1.91. The highest BCUT2D eigenvalue weighted by Crippen LogP contribution is 2.31. The summed E-state index contributed by atoms with van der Waals surface area (Å²) in [5.41, 5.74) is 5.32. The molecule has 0 spiro atoms. The molecule has 9 nitrogen and oxygen atoms in total. The van der Waals surface area contributed by atoms with Crippen LogP contribution in [0.2, 0.25) is 0 Å². The molecule has 0 aliphatic carbocycles. The first kappa shape index (κ1) is 16.8. The number of carbonyl (C=O) groups excluding carboxylic acids is 5. The minimum Gasteiger partial charge on any atom is -0.426 e. The van der Waals surface area contributed by atoms with E-state index in [1.165, 1.54) is 25.2 Å². The van der Waals surface area contributed by atoms with Crippen LogP contribution in [0.15, 0.2) is 18.2 Å². The molecule has 1 aromatic carbocycles. The zero-order valence-electron chi connectivity index (χ0n) is 13.4. The first-order valence-electron chi connectivity index (χ1n) is 7.58. The lowest BCUT2D eigenvalue weighted by atomic mass is 10.0. The quantitative estimate of drug-likeness (QED) is 0.436. The number of hydrogen-bond donors (Lipinski definition) is 1. The average molecular weight is 345 g/mol. The number of nitrogens with zero attached hydrogens (tertiary/aromatic N) is 2. The Kier molecular flexibility index (Phi) is 4.09. The van der Waals surface area contributed by atoms with E-state index in [9.17, 15) is 24.0 Å². The SMILES string of the molecule is CN1C(=O)CCC(N2C(=O)c3ccc(OC(=O)CN)cc3C2=O)C1=O. The number of nitrogens with two attached hydrogens (primary N) is 1. The van der Waals surface area contributed by atoms with Crippen LogP contribution in [0.3, 0.4) is 0 Å². The van der Waals surface area contributed by atoms with Crippen molar-refractivity contribution in [2.24, 2.45) is 5.73 Å². The summed E-state index contributed by atoms with van der Waals surface area (Å²) >= 11 is 0. The van der Waals surface area contributed by atoms with Gasteiger partial charge in [0.1, 0.15) is 11.8 Å². The van der Waals surface area contributed by atoms with Gasteiger partial charge in [-0.2, -0.15) is 0 Å². The second kappa shape index (κ2) is 6.10. The molecular formula is C16H15N3O6. The number of likely N-dealkylation sites (tertiary alicyclic amines) is 1. The summed E-state index contributed by atoms with van der Waals surface area (Å²) < 4.78 is 4.94. The van der Waals surface area contributed by atoms with Gasteiger partial charge in [-0.3, -0.25) is 33.8 Å². The van der Waals surface area contributed by atoms with Crippen molar-refractivity contribution in [3.05, 3.63) is 29.3 Å². The van der Waals surface area contributed by atoms with Crippen molar-refractivity contribution in [3.8, 4) is 5.75 Å². The summed E-state index contributed by atoms with van der Waals surface area (Å²) in [6.45, 7) is -0.326. The fourth-order valence-electron chi connectivity index (χ4n) is 2.90. The molecule has 3 rings (SSSR count). The van der Waals surface area contributed by atoms with Gasteiger partial charge in [0.15, 0.2) is 0 Å². The number of imide groups is 2. The van der Waals surface area contributed by atoms with Gasteiger partial charge in [0.05, 0.1) is 17.7 Å². The fraction of sp³-hybridized carbons (Fsp3) is 0.312. The Morgan fingerprint density at radius 3 is 2.56 bits per heavy atom. The molecule has 0 saturated carbocycles. The van der Waals surface area contributed by atoms with Gasteiger partial charge in [0, 0.05) is 13.5 Å². The van der Waals surface area contributed by atoms with Crippen LogP contribution in [0.4, 0.5) is 0 Å². The summed E-state index contributed by atoms with van der Waals surface area (Å²) in [5.74, 6) is -2.82. The molecule has 1 atom stereocenters. The fourth-order valence-corrected chi connectivity index (χ4v) is 2.90. The maximum absolute atomic E-state index is 12.6. The van der Waals surface area contributed by atoms with Crippen molar-refractivity contribution in [3.63, 3.8) is 0 Å². The van der Waals surface area contributed by atoms with E-state index in [-0.39, 0.29) is 42.2 Å². The third-order valence-corrected chi connectivity index (χ3v) is 4.22. The van der Waals surface area contributed by atoms with Gasteiger partial charge < -0.3 is 10.5 Å². The van der Waals surface area contributed by atoms with E-state index in [4.69, 9.17) is 10.5 Å². The molecule has 2 aliphatic heterocycles. The third kappa shape index (κ3) is 2.68. The highest BCUT2D eigenvalue weighted by atomic mass is 16.5. The number of hydrogen-bond acceptors (Lipinski definition) is 7. The van der Waals surface area contributed by atoms with Crippen LogP contribution in [0.5, 0.6) is 5.75 Å². The van der Waals surface area contributed by atoms with Crippen molar-refractivity contribution in [2.45, 2.75) is 18.9 Å². The summed E-state index contributed by atoms with van der Waals surface area (Å²) in [6.07, 6.45) is 0.155. The van der Waals surface area contributed by atoms with E-state index in [0.29, 0.717) is 0 Å². The Labute approximate surface area is 142 Å². The molecule has 1 saturated heterocycles. The Morgan fingerprint density at radius 2 is 1.88 bits per heavy atom. The molecule has 9 heteroatoms. The van der Waals surface area contributed by atoms with Gasteiger partial charge >= 0.3 is 5.97 Å². The number of amides is 4. The molecule has 130 valence electrons. The first-order chi connectivity index (χ1) is 11.8. The molecule has 2 heterocycles. The van der Waals surface area contributed by atoms with Crippen LogP contribution in [0, 0.1) is 0 Å². The lowest BCUT2D eigenvalue weighted by molar-refractivity contribution is -0.149. The summed E-state index contributed by atoms with van der Waals surface area (Å²) in [6, 6.07) is 2.98. The van der Waals surface area contributed by atoms with Crippen LogP contribution < -0.4 is 10.5 Å². The standard InChI is InChI=1S/C16H15N3O6/c1-18-12(20)5-4-11(16(18)24)19-14(22)9-3-2-8(25-13(21)7-17)6-10(9)15(19)23/h2-3,6,11H,4-5,7,17H2,1H3. The summed E-state index contributed by atoms with van der Waals surface area (Å²) in [4.78, 5) is 62.1. The predicted octanol–water partition coefficient (Wildman–Crippen LogP) is -0.706. The Hall–Kier alpha value is -3.07. The maximum Gasteiger partial charge on any atom is 0.325 e. The Bertz CT molecular complexity index is 818. The number of rotatable bonds is 3. The minimum atomic E-state index is -1.02. The van der Waals surface area contributed by atoms with Gasteiger partial charge in [-0.05, 0) is 24.6 Å². The Morgan fingerprint density at radius 1 is 1.20 bits per heavy atom. The molecule has 1 fully saturated rings. The summed E-state index contributed by atoms with van der Waals surface area (Å²) in [5, 5.41) is 0. The zero-order chi connectivity index (χ0) is 18.3. The number of carbonyl (C=O) groups is 5. The largest absolute Gasteiger partial charge is 0.426 e. The van der Waals surface area contributed by atoms with E-state index in [0.717, 1.165) is 9.80 Å². The number of fused-ring (bicyclic) bond motifs is 1. The number of benzene rings is 1. The van der Waals surface area contributed by atoms with Crippen LogP contribution in [0.1, 0.15) is 33.6 Å². The molecule has 25 heavy (non-hydrogen) atoms. The van der Waals surface area contributed by atoms with E-state index in [2.05, 4.69) is 0 Å². The number of piperidine rings is 1. The van der Waals surface area contributed by atoms with Crippen LogP contribution in [-0.2, 0) is 14.4 Å². The smallest absolute Gasteiger partial charge is 0.325 e. The van der Waals surface area contributed by atoms with E-state index in [1.54, 1.807) is 0 Å². The predicted molar refractivity (Wildman–Crippen MR) is 82.4 cm³/mol. The molecule has 0 aromatic heterocycles. The molecule has 1 unspecified atom stereocenters. The number of ether oxygens (including phenoxy) is 1. The van der Waals surface area contributed by atoms with Crippen LogP contribution in [-0.4, -0.2) is 59.0 Å². The highest BCUT2D eigenvalue weighted by molar-refractivity contribution is 6.23. The lowest BCUT2D eigenvalue weighted by Gasteiger charge is -2.32. The molecule has 2 N–H and O–H groups in total. The summed E-state index contributed by atoms with van der Waals surface area (Å²) in [7, 11) is 1.32. The van der Waals surface area contributed by atoms with Crippen molar-refractivity contribution < 1.29 is 28.7 Å². The second-order valence-corrected chi connectivity index (χ2v) is 5.71. The third-order valence-electron chi connectivity index (χ3n) is 4.22. The molecule has 0 radical (unpaired) electrons. The molecule has 2 aliphatic rings. The topological polar surface area (TPSA) is 127 Å². The minimum absolute atomic E-state index is 0.0414. The first-order valence-corrected chi connectivity index (χ1v) is 7.58. The molecule has 1 aromatic rings. The van der Waals surface area contributed by atoms with Crippen LogP contribution in [0.25, 0.3) is 0 Å². The van der Waals surface area contributed by atoms with Gasteiger partial charge in [-0.15, -0.1) is 0 Å². The van der Waals surface area contributed by atoms with Crippen LogP contribution >= 0.6 is 0 Å². The number of likely N-dealkylation sites (N-methyl/N-ethyl adjacent to an activating group) is 1. The van der Waals surface area contributed by atoms with Crippen molar-refractivity contribution in [2.75, 3.05) is 13.6 Å². The van der Waals surface area contributed by atoms with Gasteiger partial charge in [-0.25, -0.2) is 0 Å². The van der Waals surface area contributed by atoms with Crippen molar-refractivity contribution in [1.82, 2.24) is 9.80 Å². The van der Waals surface area contributed by atoms with E-state index < -0.39 is 29.7 Å². The van der Waals surface area contributed by atoms with Gasteiger partial charge in [-0.1, -0.05) is 0 Å². The maximum atomic E-state index is 12.6. The normalized spacial score (nSPS) is 20.2. The van der Waals surface area contributed by atoms with Gasteiger partial charge in [0.25, 0.3) is 17.7 Å². The average Bonchev–Trinajstić information content (AvgIpc) is 2.84. The lowest BCUT2D eigenvalue weighted by Crippen LogP contribution is -2.54. The number of esters is 1. The van der Waals surface area contributed by atoms with E-state index in [1.807, 2.05) is 0 Å². The molecule has 4 amide bonds. The zero-order valence-corrected chi connectivity index (χ0v) is 13.4. The second-order valence-electron chi connectivity index (χ2n) is 5.71. The highest BCUT2D eigenvalue weighted by Gasteiger charge is 2.46. The monoisotopic (exact) mass is 345 g/mol. The van der Waals surface area contributed by atoms with Crippen molar-refractivity contribution in [1.29, 1.82) is 0 Å². The van der Waals surface area contributed by atoms with E-state index >= 15 is 0 Å². The molecule has 0 bridgehead atoms. The van der Waals surface area contributed by atoms with Gasteiger partial charge in [0.2, 0.25) is 5.91 Å².